The van der Waals surface area contributed by atoms with Crippen molar-refractivity contribution in [2.75, 3.05) is 13.1 Å². The fourth-order valence-corrected chi connectivity index (χ4v) is 4.12. The van der Waals surface area contributed by atoms with Gasteiger partial charge in [0.25, 0.3) is 0 Å². The van der Waals surface area contributed by atoms with Crippen molar-refractivity contribution in [2.24, 2.45) is 23.5 Å². The molecule has 4 nitrogen and oxygen atoms in total. The molecule has 1 fully saturated rings. The van der Waals surface area contributed by atoms with Gasteiger partial charge in [0.15, 0.2) is 0 Å². The van der Waals surface area contributed by atoms with Crippen LogP contribution in [0.1, 0.15) is 97.8 Å². The standard InChI is InChI=1S/C24H44N2O2/c1-20(2)18-21(3)14-13-15-22-19-23(27)26(24(22)28)17-12-10-8-6-4-5-7-9-11-16-25/h13-14,20-22H,4-12,15-19,25H2,1-3H3. The van der Waals surface area contributed by atoms with E-state index in [2.05, 4.69) is 32.9 Å². The van der Waals surface area contributed by atoms with E-state index in [9.17, 15) is 9.59 Å². The molecule has 28 heavy (non-hydrogen) atoms. The van der Waals surface area contributed by atoms with Gasteiger partial charge in [0.2, 0.25) is 11.8 Å². The van der Waals surface area contributed by atoms with Crippen LogP contribution in [0.15, 0.2) is 12.2 Å². The Kier molecular flexibility index (Phi) is 13.1. The highest BCUT2D eigenvalue weighted by molar-refractivity contribution is 6.03. The number of hydrogen-bond donors (Lipinski definition) is 1. The van der Waals surface area contributed by atoms with Gasteiger partial charge in [0.1, 0.15) is 0 Å². The van der Waals surface area contributed by atoms with Crippen LogP contribution in [0.3, 0.4) is 0 Å². The molecule has 0 aliphatic carbocycles. The van der Waals surface area contributed by atoms with Gasteiger partial charge in [-0.3, -0.25) is 14.5 Å². The number of nitrogens with zero attached hydrogens (tertiary/aromatic N) is 1. The highest BCUT2D eigenvalue weighted by atomic mass is 16.2. The SMILES string of the molecule is CC(C)CC(C)C=CCC1CC(=O)N(CCCCCCCCCCCN)C1=O. The molecule has 1 rings (SSSR count). The Balaban J connectivity index is 2.16. The lowest BCUT2D eigenvalue weighted by molar-refractivity contribution is -0.139. The van der Waals surface area contributed by atoms with Crippen LogP contribution < -0.4 is 5.73 Å². The second-order valence-electron chi connectivity index (χ2n) is 9.03. The van der Waals surface area contributed by atoms with E-state index in [-0.39, 0.29) is 17.7 Å². The largest absolute Gasteiger partial charge is 0.330 e. The molecule has 0 aromatic rings. The predicted octanol–water partition coefficient (Wildman–Crippen LogP) is 5.46. The molecule has 2 amide bonds. The molecule has 4 heteroatoms. The molecular formula is C24H44N2O2. The fourth-order valence-electron chi connectivity index (χ4n) is 4.12. The third-order valence-corrected chi connectivity index (χ3v) is 5.65. The Morgan fingerprint density at radius 1 is 0.964 bits per heavy atom. The molecule has 0 bridgehead atoms. The van der Waals surface area contributed by atoms with Gasteiger partial charge in [0, 0.05) is 13.0 Å². The van der Waals surface area contributed by atoms with E-state index >= 15 is 0 Å². The summed E-state index contributed by atoms with van der Waals surface area (Å²) in [5, 5.41) is 0. The van der Waals surface area contributed by atoms with Gasteiger partial charge in [0.05, 0.1) is 5.92 Å². The molecule has 0 spiro atoms. The second kappa shape index (κ2) is 14.8. The van der Waals surface area contributed by atoms with E-state index in [1.165, 1.54) is 43.4 Å². The van der Waals surface area contributed by atoms with Gasteiger partial charge in [-0.05, 0) is 44.1 Å². The Hall–Kier alpha value is -1.16. The van der Waals surface area contributed by atoms with Gasteiger partial charge in [-0.15, -0.1) is 0 Å². The summed E-state index contributed by atoms with van der Waals surface area (Å²) < 4.78 is 0. The van der Waals surface area contributed by atoms with Crippen LogP contribution in [0.4, 0.5) is 0 Å². The number of hydrogen-bond acceptors (Lipinski definition) is 3. The zero-order chi connectivity index (χ0) is 20.8. The lowest BCUT2D eigenvalue weighted by atomic mass is 9.96. The zero-order valence-corrected chi connectivity index (χ0v) is 18.6. The molecule has 2 atom stereocenters. The first-order valence-electron chi connectivity index (χ1n) is 11.7. The average Bonchev–Trinajstić information content (AvgIpc) is 2.90. The van der Waals surface area contributed by atoms with E-state index in [1.54, 1.807) is 0 Å². The van der Waals surface area contributed by atoms with Crippen LogP contribution in [0.2, 0.25) is 0 Å². The maximum atomic E-state index is 12.5. The van der Waals surface area contributed by atoms with Crippen molar-refractivity contribution in [1.29, 1.82) is 0 Å². The third kappa shape index (κ3) is 10.4. The van der Waals surface area contributed by atoms with Crippen LogP contribution in [0.5, 0.6) is 0 Å². The average molecular weight is 393 g/mol. The number of imide groups is 1. The molecular weight excluding hydrogens is 348 g/mol. The minimum absolute atomic E-state index is 0.0264. The molecule has 0 aromatic heterocycles. The topological polar surface area (TPSA) is 63.4 Å². The molecule has 2 N–H and O–H groups in total. The van der Waals surface area contributed by atoms with Crippen molar-refractivity contribution in [2.45, 2.75) is 97.8 Å². The Morgan fingerprint density at radius 2 is 1.54 bits per heavy atom. The molecule has 0 aromatic carbocycles. The third-order valence-electron chi connectivity index (χ3n) is 5.65. The first kappa shape index (κ1) is 24.9. The minimum Gasteiger partial charge on any atom is -0.330 e. The summed E-state index contributed by atoms with van der Waals surface area (Å²) in [6.07, 6.45) is 17.4. The summed E-state index contributed by atoms with van der Waals surface area (Å²) in [6.45, 7) is 8.08. The van der Waals surface area contributed by atoms with Crippen molar-refractivity contribution in [3.8, 4) is 0 Å². The normalized spacial score (nSPS) is 18.8. The van der Waals surface area contributed by atoms with Crippen molar-refractivity contribution in [3.63, 3.8) is 0 Å². The zero-order valence-electron chi connectivity index (χ0n) is 18.6. The van der Waals surface area contributed by atoms with E-state index in [1.807, 2.05) is 0 Å². The van der Waals surface area contributed by atoms with E-state index < -0.39 is 0 Å². The summed E-state index contributed by atoms with van der Waals surface area (Å²) in [6, 6.07) is 0. The van der Waals surface area contributed by atoms with E-state index in [0.717, 1.165) is 32.2 Å². The van der Waals surface area contributed by atoms with Gasteiger partial charge < -0.3 is 5.73 Å². The van der Waals surface area contributed by atoms with Crippen LogP contribution in [0.25, 0.3) is 0 Å². The van der Waals surface area contributed by atoms with E-state index in [4.69, 9.17) is 5.73 Å². The van der Waals surface area contributed by atoms with Gasteiger partial charge in [-0.25, -0.2) is 0 Å². The number of rotatable bonds is 16. The number of allylic oxidation sites excluding steroid dienone is 2. The van der Waals surface area contributed by atoms with Crippen molar-refractivity contribution in [3.05, 3.63) is 12.2 Å². The Labute approximate surface area is 173 Å². The summed E-state index contributed by atoms with van der Waals surface area (Å²) in [5.74, 6) is 1.15. The van der Waals surface area contributed by atoms with Crippen LogP contribution >= 0.6 is 0 Å². The van der Waals surface area contributed by atoms with Crippen molar-refractivity contribution >= 4 is 11.8 Å². The number of amides is 2. The molecule has 1 aliphatic heterocycles. The number of nitrogens with two attached hydrogens (primary N) is 1. The number of carbonyl (C=O) groups excluding carboxylic acids is 2. The smallest absolute Gasteiger partial charge is 0.233 e. The number of unbranched alkanes of at least 4 members (excludes halogenated alkanes) is 8. The number of carbonyl (C=O) groups is 2. The summed E-state index contributed by atoms with van der Waals surface area (Å²) in [7, 11) is 0. The second-order valence-corrected chi connectivity index (χ2v) is 9.03. The van der Waals surface area contributed by atoms with Gasteiger partial charge >= 0.3 is 0 Å². The first-order chi connectivity index (χ1) is 13.5. The molecule has 0 radical (unpaired) electrons. The highest BCUT2D eigenvalue weighted by Gasteiger charge is 2.37. The van der Waals surface area contributed by atoms with Gasteiger partial charge in [-0.1, -0.05) is 77.9 Å². The predicted molar refractivity (Wildman–Crippen MR) is 118 cm³/mol. The monoisotopic (exact) mass is 392 g/mol. The molecule has 1 aliphatic rings. The Bertz CT molecular complexity index is 473. The first-order valence-corrected chi connectivity index (χ1v) is 11.7. The summed E-state index contributed by atoms with van der Waals surface area (Å²) in [4.78, 5) is 26.2. The molecule has 162 valence electrons. The molecule has 1 saturated heterocycles. The lowest BCUT2D eigenvalue weighted by Crippen LogP contribution is -2.31. The van der Waals surface area contributed by atoms with Crippen LogP contribution in [-0.4, -0.2) is 29.8 Å². The highest BCUT2D eigenvalue weighted by Crippen LogP contribution is 2.24. The van der Waals surface area contributed by atoms with Gasteiger partial charge in [-0.2, -0.15) is 0 Å². The quantitative estimate of drug-likeness (QED) is 0.215. The number of likely N-dealkylation sites (tertiary alicyclic amines) is 1. The van der Waals surface area contributed by atoms with E-state index in [0.29, 0.717) is 31.2 Å². The molecule has 2 unspecified atom stereocenters. The van der Waals surface area contributed by atoms with Crippen molar-refractivity contribution < 1.29 is 9.59 Å². The fraction of sp³-hybridized carbons (Fsp3) is 0.833. The van der Waals surface area contributed by atoms with Crippen LogP contribution in [0, 0.1) is 17.8 Å². The molecule has 0 saturated carbocycles. The summed E-state index contributed by atoms with van der Waals surface area (Å²) >= 11 is 0. The van der Waals surface area contributed by atoms with Crippen LogP contribution in [-0.2, 0) is 9.59 Å². The minimum atomic E-state index is -0.136. The Morgan fingerprint density at radius 3 is 2.11 bits per heavy atom. The van der Waals surface area contributed by atoms with Crippen molar-refractivity contribution in [1.82, 2.24) is 4.90 Å². The summed E-state index contributed by atoms with van der Waals surface area (Å²) in [5.41, 5.74) is 5.50. The lowest BCUT2D eigenvalue weighted by Gasteiger charge is -2.14. The maximum Gasteiger partial charge on any atom is 0.233 e. The maximum absolute atomic E-state index is 12.5. The molecule has 1 heterocycles.